The van der Waals surface area contributed by atoms with E-state index in [-0.39, 0.29) is 5.91 Å². The van der Waals surface area contributed by atoms with Crippen LogP contribution < -0.4 is 16.4 Å². The SMILES string of the molecule is C=CC(=O)N/C(C=C)=C(/C)NC(=C)c1ccc2cc(C(N)=O)[nH]c2c1. The third kappa shape index (κ3) is 4.06. The number of primary amides is 1. The van der Waals surface area contributed by atoms with Gasteiger partial charge >= 0.3 is 0 Å². The Balaban J connectivity index is 2.26. The van der Waals surface area contributed by atoms with Gasteiger partial charge in [0.15, 0.2) is 0 Å². The fourth-order valence-electron chi connectivity index (χ4n) is 2.29. The number of amides is 2. The Bertz CT molecular complexity index is 919. The van der Waals surface area contributed by atoms with Gasteiger partial charge in [-0.2, -0.15) is 0 Å². The first-order valence-electron chi connectivity index (χ1n) is 7.51. The first-order valence-corrected chi connectivity index (χ1v) is 7.51. The number of allylic oxidation sites excluding steroid dienone is 2. The lowest BCUT2D eigenvalue weighted by Gasteiger charge is -2.14. The molecule has 0 fully saturated rings. The van der Waals surface area contributed by atoms with Crippen LogP contribution in [-0.2, 0) is 4.79 Å². The lowest BCUT2D eigenvalue weighted by atomic mass is 10.1. The molecular formula is C19H20N4O2. The van der Waals surface area contributed by atoms with Gasteiger partial charge in [-0.1, -0.05) is 31.9 Å². The lowest BCUT2D eigenvalue weighted by Crippen LogP contribution is -2.23. The Hall–Kier alpha value is -3.54. The van der Waals surface area contributed by atoms with Gasteiger partial charge in [-0.25, -0.2) is 0 Å². The van der Waals surface area contributed by atoms with Gasteiger partial charge < -0.3 is 21.4 Å². The minimum absolute atomic E-state index is 0.326. The summed E-state index contributed by atoms with van der Waals surface area (Å²) in [4.78, 5) is 25.7. The van der Waals surface area contributed by atoms with Crippen LogP contribution in [0.5, 0.6) is 0 Å². The number of rotatable bonds is 7. The highest BCUT2D eigenvalue weighted by Gasteiger charge is 2.09. The third-order valence-electron chi connectivity index (χ3n) is 3.63. The largest absolute Gasteiger partial charge is 0.364 e. The molecule has 2 amide bonds. The van der Waals surface area contributed by atoms with Crippen LogP contribution in [0.1, 0.15) is 23.0 Å². The number of fused-ring (bicyclic) bond motifs is 1. The Morgan fingerprint density at radius 2 is 1.88 bits per heavy atom. The summed E-state index contributed by atoms with van der Waals surface area (Å²) in [5.41, 5.74) is 9.07. The van der Waals surface area contributed by atoms with Crippen LogP contribution in [0.25, 0.3) is 16.6 Å². The molecule has 128 valence electrons. The molecule has 1 heterocycles. The van der Waals surface area contributed by atoms with Gasteiger partial charge in [0.2, 0.25) is 5.91 Å². The number of hydrogen-bond donors (Lipinski definition) is 4. The maximum Gasteiger partial charge on any atom is 0.265 e. The van der Waals surface area contributed by atoms with Gasteiger partial charge in [-0.05, 0) is 36.8 Å². The summed E-state index contributed by atoms with van der Waals surface area (Å²) >= 11 is 0. The van der Waals surface area contributed by atoms with E-state index in [2.05, 4.69) is 35.4 Å². The average Bonchev–Trinajstić information content (AvgIpc) is 3.02. The average molecular weight is 336 g/mol. The number of carbonyl (C=O) groups excluding carboxylic acids is 2. The van der Waals surface area contributed by atoms with Crippen molar-refractivity contribution in [3.05, 3.63) is 78.8 Å². The molecule has 0 saturated carbocycles. The molecule has 25 heavy (non-hydrogen) atoms. The van der Waals surface area contributed by atoms with Crippen molar-refractivity contribution in [2.45, 2.75) is 6.92 Å². The molecule has 0 bridgehead atoms. The van der Waals surface area contributed by atoms with Gasteiger partial charge in [-0.15, -0.1) is 0 Å². The normalized spacial score (nSPS) is 11.4. The fourth-order valence-corrected chi connectivity index (χ4v) is 2.29. The lowest BCUT2D eigenvalue weighted by molar-refractivity contribution is -0.115. The second-order valence-corrected chi connectivity index (χ2v) is 5.39. The Morgan fingerprint density at radius 3 is 2.48 bits per heavy atom. The summed E-state index contributed by atoms with van der Waals surface area (Å²) in [6.45, 7) is 12.9. The monoisotopic (exact) mass is 336 g/mol. The zero-order chi connectivity index (χ0) is 18.6. The van der Waals surface area contributed by atoms with Crippen molar-refractivity contribution in [2.24, 2.45) is 5.73 Å². The zero-order valence-electron chi connectivity index (χ0n) is 14.0. The maximum atomic E-state index is 11.4. The van der Waals surface area contributed by atoms with Crippen molar-refractivity contribution in [2.75, 3.05) is 0 Å². The van der Waals surface area contributed by atoms with E-state index in [1.54, 1.807) is 13.0 Å². The van der Waals surface area contributed by atoms with E-state index < -0.39 is 5.91 Å². The molecule has 2 rings (SSSR count). The highest BCUT2D eigenvalue weighted by atomic mass is 16.1. The zero-order valence-corrected chi connectivity index (χ0v) is 14.0. The molecule has 0 aliphatic carbocycles. The molecule has 0 saturated heterocycles. The van der Waals surface area contributed by atoms with E-state index in [1.807, 2.05) is 18.2 Å². The van der Waals surface area contributed by atoms with Gasteiger partial charge in [0.05, 0.1) is 5.70 Å². The summed E-state index contributed by atoms with van der Waals surface area (Å²) in [7, 11) is 0. The van der Waals surface area contributed by atoms with E-state index in [1.165, 1.54) is 12.2 Å². The van der Waals surface area contributed by atoms with Crippen molar-refractivity contribution >= 4 is 28.4 Å². The van der Waals surface area contributed by atoms with Gasteiger partial charge in [0.1, 0.15) is 5.69 Å². The van der Waals surface area contributed by atoms with Crippen LogP contribution in [0, 0.1) is 0 Å². The number of nitrogens with one attached hydrogen (secondary N) is 3. The second kappa shape index (κ2) is 7.35. The van der Waals surface area contributed by atoms with Crippen LogP contribution in [0.4, 0.5) is 0 Å². The van der Waals surface area contributed by atoms with Crippen LogP contribution >= 0.6 is 0 Å². The Kier molecular flexibility index (Phi) is 5.24. The number of hydrogen-bond acceptors (Lipinski definition) is 3. The first-order chi connectivity index (χ1) is 11.8. The molecule has 0 spiro atoms. The molecule has 0 unspecified atom stereocenters. The summed E-state index contributed by atoms with van der Waals surface area (Å²) in [5.74, 6) is -0.837. The van der Waals surface area contributed by atoms with Crippen molar-refractivity contribution in [3.8, 4) is 0 Å². The standard InChI is InChI=1S/C19H20N4O2/c1-5-15(23-18(24)6-2)12(4)21-11(3)13-7-8-14-10-17(19(20)25)22-16(14)9-13/h5-10,21-22H,1-3H2,4H3,(H2,20,25)(H,23,24)/b15-12-. The molecule has 6 heteroatoms. The molecule has 0 radical (unpaired) electrons. The predicted octanol–water partition coefficient (Wildman–Crippen LogP) is 2.55. The highest BCUT2D eigenvalue weighted by molar-refractivity contribution is 5.97. The number of nitrogens with two attached hydrogens (primary N) is 1. The molecular weight excluding hydrogens is 316 g/mol. The molecule has 1 aromatic heterocycles. The van der Waals surface area contributed by atoms with Crippen molar-refractivity contribution < 1.29 is 9.59 Å². The highest BCUT2D eigenvalue weighted by Crippen LogP contribution is 2.21. The quantitative estimate of drug-likeness (QED) is 0.462. The Labute approximate surface area is 145 Å². The van der Waals surface area contributed by atoms with Crippen molar-refractivity contribution in [1.82, 2.24) is 15.6 Å². The molecule has 0 aliphatic heterocycles. The summed E-state index contributed by atoms with van der Waals surface area (Å²) in [6.07, 6.45) is 2.71. The molecule has 6 nitrogen and oxygen atoms in total. The van der Waals surface area contributed by atoms with E-state index in [9.17, 15) is 9.59 Å². The minimum Gasteiger partial charge on any atom is -0.364 e. The van der Waals surface area contributed by atoms with E-state index in [0.29, 0.717) is 22.8 Å². The molecule has 2 aromatic rings. The van der Waals surface area contributed by atoms with Gasteiger partial charge in [0.25, 0.3) is 5.91 Å². The number of aromatic nitrogens is 1. The smallest absolute Gasteiger partial charge is 0.265 e. The van der Waals surface area contributed by atoms with Crippen LogP contribution in [0.3, 0.4) is 0 Å². The van der Waals surface area contributed by atoms with Crippen LogP contribution in [0.2, 0.25) is 0 Å². The first kappa shape index (κ1) is 17.8. The molecule has 5 N–H and O–H groups in total. The van der Waals surface area contributed by atoms with Gasteiger partial charge in [0, 0.05) is 22.3 Å². The van der Waals surface area contributed by atoms with Crippen LogP contribution in [-0.4, -0.2) is 16.8 Å². The van der Waals surface area contributed by atoms with Crippen LogP contribution in [0.15, 0.2) is 67.5 Å². The second-order valence-electron chi connectivity index (χ2n) is 5.39. The maximum absolute atomic E-state index is 11.4. The van der Waals surface area contributed by atoms with E-state index >= 15 is 0 Å². The van der Waals surface area contributed by atoms with Crippen molar-refractivity contribution in [3.63, 3.8) is 0 Å². The summed E-state index contributed by atoms with van der Waals surface area (Å²) in [5, 5.41) is 6.67. The predicted molar refractivity (Wildman–Crippen MR) is 100 cm³/mol. The van der Waals surface area contributed by atoms with Crippen molar-refractivity contribution in [1.29, 1.82) is 0 Å². The summed E-state index contributed by atoms with van der Waals surface area (Å²) < 4.78 is 0. The molecule has 0 aliphatic rings. The Morgan fingerprint density at radius 1 is 1.16 bits per heavy atom. The van der Waals surface area contributed by atoms with Gasteiger partial charge in [-0.3, -0.25) is 9.59 Å². The number of aromatic amines is 1. The molecule has 1 aromatic carbocycles. The number of carbonyl (C=O) groups is 2. The summed E-state index contributed by atoms with van der Waals surface area (Å²) in [6, 6.07) is 7.30. The fraction of sp³-hybridized carbons (Fsp3) is 0.0526. The van der Waals surface area contributed by atoms with E-state index in [0.717, 1.165) is 16.5 Å². The number of H-pyrrole nitrogens is 1. The number of benzene rings is 1. The topological polar surface area (TPSA) is 100 Å². The van der Waals surface area contributed by atoms with E-state index in [4.69, 9.17) is 5.73 Å². The third-order valence-corrected chi connectivity index (χ3v) is 3.63. The minimum atomic E-state index is -0.512. The molecule has 0 atom stereocenters.